The van der Waals surface area contributed by atoms with E-state index in [-0.39, 0.29) is 11.3 Å². The van der Waals surface area contributed by atoms with E-state index >= 15 is 0 Å². The summed E-state index contributed by atoms with van der Waals surface area (Å²) in [5, 5.41) is 5.38. The molecule has 6 aromatic rings. The van der Waals surface area contributed by atoms with Crippen molar-refractivity contribution in [2.45, 2.75) is 11.3 Å². The summed E-state index contributed by atoms with van der Waals surface area (Å²) < 4.78 is 0. The lowest BCUT2D eigenvalue weighted by Gasteiger charge is -2.39. The Labute approximate surface area is 239 Å². The molecule has 0 fully saturated rings. The van der Waals surface area contributed by atoms with Crippen LogP contribution in [0.25, 0.3) is 0 Å². The zero-order valence-electron chi connectivity index (χ0n) is 22.1. The minimum Gasteiger partial charge on any atom is -0.241 e. The molecule has 0 radical (unpaired) electrons. The van der Waals surface area contributed by atoms with Gasteiger partial charge in [-0.3, -0.25) is 0 Å². The van der Waals surface area contributed by atoms with Gasteiger partial charge >= 0.3 is 0 Å². The van der Waals surface area contributed by atoms with Crippen LogP contribution in [0.2, 0.25) is 0 Å². The third-order valence-corrected chi connectivity index (χ3v) is 12.9. The molecule has 0 aliphatic carbocycles. The highest BCUT2D eigenvalue weighted by molar-refractivity contribution is 7.77. The van der Waals surface area contributed by atoms with Crippen LogP contribution < -0.4 is 21.2 Å². The van der Waals surface area contributed by atoms with Crippen LogP contribution in [0, 0.1) is 0 Å². The molecule has 194 valence electrons. The maximum atomic E-state index is 4.98. The molecule has 0 saturated carbocycles. The standard InChI is InChI=1S/C36H30N2P2/c1-6-17-29(18-7-1)34(39(30-19-8-2-9-20-30)31-21-10-3-11-22-31)35(36-37-27-16-28-38-36)40(32-23-12-4-13-24-32)33-25-14-5-15-26-33/h1-28,34-35H/t34-,35+/m0/s1. The van der Waals surface area contributed by atoms with Crippen molar-refractivity contribution in [2.75, 3.05) is 0 Å². The molecular weight excluding hydrogens is 522 g/mol. The van der Waals surface area contributed by atoms with E-state index in [1.807, 2.05) is 18.5 Å². The summed E-state index contributed by atoms with van der Waals surface area (Å²) >= 11 is 0. The quantitative estimate of drug-likeness (QED) is 0.173. The minimum atomic E-state index is -0.876. The summed E-state index contributed by atoms with van der Waals surface area (Å²) in [5.41, 5.74) is 1.49. The second-order valence-electron chi connectivity index (χ2n) is 9.49. The van der Waals surface area contributed by atoms with Crippen LogP contribution in [0.1, 0.15) is 22.7 Å². The Kier molecular flexibility index (Phi) is 8.49. The molecule has 1 heterocycles. The van der Waals surface area contributed by atoms with Crippen molar-refractivity contribution in [3.05, 3.63) is 182 Å². The van der Waals surface area contributed by atoms with Crippen LogP contribution in [0.5, 0.6) is 0 Å². The van der Waals surface area contributed by atoms with Crippen molar-refractivity contribution in [3.8, 4) is 0 Å². The van der Waals surface area contributed by atoms with Gasteiger partial charge in [0.1, 0.15) is 5.82 Å². The molecule has 4 heteroatoms. The normalized spacial score (nSPS) is 12.8. The Bertz CT molecular complexity index is 1380. The first kappa shape index (κ1) is 26.3. The van der Waals surface area contributed by atoms with Crippen molar-refractivity contribution >= 4 is 37.1 Å². The fourth-order valence-corrected chi connectivity index (χ4v) is 11.6. The molecule has 0 saturated heterocycles. The molecule has 5 aromatic carbocycles. The third kappa shape index (κ3) is 5.80. The van der Waals surface area contributed by atoms with E-state index < -0.39 is 15.8 Å². The van der Waals surface area contributed by atoms with Crippen molar-refractivity contribution < 1.29 is 0 Å². The first-order valence-electron chi connectivity index (χ1n) is 13.5. The van der Waals surface area contributed by atoms with Crippen LogP contribution in [0.4, 0.5) is 0 Å². The molecule has 0 aliphatic heterocycles. The van der Waals surface area contributed by atoms with Gasteiger partial charge in [0.25, 0.3) is 0 Å². The van der Waals surface area contributed by atoms with Crippen LogP contribution in [-0.2, 0) is 0 Å². The lowest BCUT2D eigenvalue weighted by atomic mass is 10.1. The number of rotatable bonds is 9. The first-order valence-corrected chi connectivity index (χ1v) is 16.3. The molecule has 0 amide bonds. The molecule has 0 unspecified atom stereocenters. The number of benzene rings is 5. The molecule has 40 heavy (non-hydrogen) atoms. The highest BCUT2D eigenvalue weighted by Gasteiger charge is 2.41. The van der Waals surface area contributed by atoms with E-state index in [0.717, 1.165) is 5.82 Å². The average molecular weight is 553 g/mol. The van der Waals surface area contributed by atoms with Gasteiger partial charge in [0.15, 0.2) is 0 Å². The first-order chi connectivity index (χ1) is 19.9. The Morgan fingerprint density at radius 1 is 0.350 bits per heavy atom. The molecule has 2 atom stereocenters. The minimum absolute atomic E-state index is 0.0370. The van der Waals surface area contributed by atoms with Gasteiger partial charge in [-0.15, -0.1) is 0 Å². The highest BCUT2D eigenvalue weighted by Crippen LogP contribution is 2.65. The largest absolute Gasteiger partial charge is 0.241 e. The van der Waals surface area contributed by atoms with Crippen LogP contribution in [0.15, 0.2) is 170 Å². The van der Waals surface area contributed by atoms with Gasteiger partial charge in [-0.2, -0.15) is 0 Å². The molecule has 0 spiro atoms. The van der Waals surface area contributed by atoms with Crippen LogP contribution >= 0.6 is 15.8 Å². The molecule has 0 aliphatic rings. The maximum absolute atomic E-state index is 4.98. The van der Waals surface area contributed by atoms with Crippen molar-refractivity contribution in [2.24, 2.45) is 0 Å². The van der Waals surface area contributed by atoms with Gasteiger partial charge in [0.05, 0.1) is 5.66 Å². The van der Waals surface area contributed by atoms with E-state index in [1.54, 1.807) is 0 Å². The van der Waals surface area contributed by atoms with Gasteiger partial charge in [-0.25, -0.2) is 9.97 Å². The Morgan fingerprint density at radius 2 is 0.675 bits per heavy atom. The van der Waals surface area contributed by atoms with Gasteiger partial charge in [-0.1, -0.05) is 152 Å². The van der Waals surface area contributed by atoms with Crippen LogP contribution in [-0.4, -0.2) is 9.97 Å². The molecular formula is C36H30N2P2. The Hall–Kier alpha value is -3.96. The smallest absolute Gasteiger partial charge is 0.137 e. The third-order valence-electron chi connectivity index (χ3n) is 6.98. The van der Waals surface area contributed by atoms with E-state index in [2.05, 4.69) is 152 Å². The van der Waals surface area contributed by atoms with E-state index in [9.17, 15) is 0 Å². The zero-order valence-corrected chi connectivity index (χ0v) is 23.9. The summed E-state index contributed by atoms with van der Waals surface area (Å²) in [7, 11) is -1.71. The summed E-state index contributed by atoms with van der Waals surface area (Å²) in [6.07, 6.45) is 3.79. The summed E-state index contributed by atoms with van der Waals surface area (Å²) in [6.45, 7) is 0. The second-order valence-corrected chi connectivity index (χ2v) is 14.1. The van der Waals surface area contributed by atoms with Crippen molar-refractivity contribution in [3.63, 3.8) is 0 Å². The van der Waals surface area contributed by atoms with Gasteiger partial charge < -0.3 is 0 Å². The fourth-order valence-electron chi connectivity index (χ4n) is 5.28. The summed E-state index contributed by atoms with van der Waals surface area (Å²) in [5.74, 6) is 0.898. The monoisotopic (exact) mass is 552 g/mol. The maximum Gasteiger partial charge on any atom is 0.137 e. The van der Waals surface area contributed by atoms with Gasteiger partial charge in [0.2, 0.25) is 0 Å². The molecule has 1 aromatic heterocycles. The number of aromatic nitrogens is 2. The molecule has 6 rings (SSSR count). The number of nitrogens with zero attached hydrogens (tertiary/aromatic N) is 2. The number of hydrogen-bond donors (Lipinski definition) is 0. The fraction of sp³-hybridized carbons (Fsp3) is 0.0556. The summed E-state index contributed by atoms with van der Waals surface area (Å²) in [6, 6.07) is 57.0. The molecule has 0 bridgehead atoms. The van der Waals surface area contributed by atoms with Crippen molar-refractivity contribution in [1.82, 2.24) is 9.97 Å². The van der Waals surface area contributed by atoms with E-state index in [1.165, 1.54) is 26.8 Å². The second kappa shape index (κ2) is 12.9. The van der Waals surface area contributed by atoms with Crippen molar-refractivity contribution in [1.29, 1.82) is 0 Å². The molecule has 2 nitrogen and oxygen atoms in total. The number of hydrogen-bond acceptors (Lipinski definition) is 2. The highest BCUT2D eigenvalue weighted by atomic mass is 31.1. The SMILES string of the molecule is c1ccc([C@@H]([C@H](c2ncccn2)P(c2ccccc2)c2ccccc2)P(c2ccccc2)c2ccccc2)cc1. The van der Waals surface area contributed by atoms with Crippen LogP contribution in [0.3, 0.4) is 0 Å². The predicted octanol–water partition coefficient (Wildman–Crippen LogP) is 7.52. The zero-order chi connectivity index (χ0) is 27.0. The van der Waals surface area contributed by atoms with Gasteiger partial charge in [-0.05, 0) is 48.7 Å². The predicted molar refractivity (Wildman–Crippen MR) is 172 cm³/mol. The lowest BCUT2D eigenvalue weighted by Crippen LogP contribution is -2.27. The Balaban J connectivity index is 1.67. The average Bonchev–Trinajstić information content (AvgIpc) is 3.05. The lowest BCUT2D eigenvalue weighted by molar-refractivity contribution is 0.808. The van der Waals surface area contributed by atoms with E-state index in [0.29, 0.717) is 0 Å². The Morgan fingerprint density at radius 3 is 1.05 bits per heavy atom. The van der Waals surface area contributed by atoms with Gasteiger partial charge in [0, 0.05) is 18.1 Å². The topological polar surface area (TPSA) is 25.8 Å². The van der Waals surface area contributed by atoms with E-state index in [4.69, 9.17) is 9.97 Å². The summed E-state index contributed by atoms with van der Waals surface area (Å²) in [4.78, 5) is 9.97. The molecule has 0 N–H and O–H groups in total.